The topological polar surface area (TPSA) is 18.5 Å². The molecule has 0 fully saturated rings. The van der Waals surface area contributed by atoms with E-state index in [2.05, 4.69) is 15.9 Å². The molecule has 2 atom stereocenters. The molecule has 2 aromatic carbocycles. The Morgan fingerprint density at radius 1 is 1.10 bits per heavy atom. The second-order valence-electron chi connectivity index (χ2n) is 4.48. The van der Waals surface area contributed by atoms with Crippen LogP contribution in [0.5, 0.6) is 11.5 Å². The van der Waals surface area contributed by atoms with E-state index in [9.17, 15) is 0 Å². The van der Waals surface area contributed by atoms with Crippen molar-refractivity contribution < 1.29 is 9.47 Å². The highest BCUT2D eigenvalue weighted by molar-refractivity contribution is 9.09. The maximum absolute atomic E-state index is 6.23. The van der Waals surface area contributed by atoms with Crippen LogP contribution >= 0.6 is 39.1 Å². The molecule has 2 aromatic rings. The number of halogens is 3. The van der Waals surface area contributed by atoms with Gasteiger partial charge in [-0.05, 0) is 29.8 Å². The molecule has 0 amide bonds. The molecule has 1 aliphatic heterocycles. The zero-order valence-corrected chi connectivity index (χ0v) is 13.5. The molecule has 3 rings (SSSR count). The number of hydrogen-bond acceptors (Lipinski definition) is 2. The number of alkyl halides is 1. The van der Waals surface area contributed by atoms with E-state index in [0.29, 0.717) is 16.7 Å². The van der Waals surface area contributed by atoms with Crippen LogP contribution in [-0.4, -0.2) is 12.7 Å². The molecule has 0 aliphatic carbocycles. The Morgan fingerprint density at radius 2 is 1.85 bits per heavy atom. The summed E-state index contributed by atoms with van der Waals surface area (Å²) in [5.74, 6) is 1.52. The van der Waals surface area contributed by atoms with Crippen LogP contribution in [0.1, 0.15) is 10.4 Å². The van der Waals surface area contributed by atoms with Gasteiger partial charge in [0.1, 0.15) is 12.7 Å². The maximum Gasteiger partial charge on any atom is 0.161 e. The second kappa shape index (κ2) is 5.84. The summed E-state index contributed by atoms with van der Waals surface area (Å²) in [5.41, 5.74) is 0.934. The summed E-state index contributed by atoms with van der Waals surface area (Å²) < 4.78 is 11.7. The van der Waals surface area contributed by atoms with Gasteiger partial charge in [-0.1, -0.05) is 57.3 Å². The van der Waals surface area contributed by atoms with Crippen LogP contribution in [0.3, 0.4) is 0 Å². The van der Waals surface area contributed by atoms with Crippen LogP contribution in [0, 0.1) is 0 Å². The number of hydrogen-bond donors (Lipinski definition) is 0. The molecule has 0 aromatic heterocycles. The fourth-order valence-corrected chi connectivity index (χ4v) is 3.42. The van der Waals surface area contributed by atoms with E-state index in [4.69, 9.17) is 32.7 Å². The van der Waals surface area contributed by atoms with E-state index in [1.807, 2.05) is 36.4 Å². The number of ether oxygens (including phenoxy) is 2. The van der Waals surface area contributed by atoms with Crippen LogP contribution in [-0.2, 0) is 0 Å². The zero-order valence-electron chi connectivity index (χ0n) is 10.4. The second-order valence-corrected chi connectivity index (χ2v) is 6.31. The van der Waals surface area contributed by atoms with Gasteiger partial charge in [0, 0.05) is 10.0 Å². The summed E-state index contributed by atoms with van der Waals surface area (Å²) in [4.78, 5) is -0.0689. The molecule has 0 radical (unpaired) electrons. The van der Waals surface area contributed by atoms with E-state index < -0.39 is 0 Å². The predicted octanol–water partition coefficient (Wildman–Crippen LogP) is 5.27. The van der Waals surface area contributed by atoms with E-state index >= 15 is 0 Å². The third-order valence-electron chi connectivity index (χ3n) is 3.12. The van der Waals surface area contributed by atoms with Crippen molar-refractivity contribution in [1.29, 1.82) is 0 Å². The molecule has 1 heterocycles. The van der Waals surface area contributed by atoms with Crippen molar-refractivity contribution in [2.24, 2.45) is 0 Å². The maximum atomic E-state index is 6.23. The summed E-state index contributed by atoms with van der Waals surface area (Å²) >= 11 is 15.8. The Balaban J connectivity index is 1.84. The average molecular weight is 374 g/mol. The number of benzene rings is 2. The largest absolute Gasteiger partial charge is 0.486 e. The fourth-order valence-electron chi connectivity index (χ4n) is 2.11. The van der Waals surface area contributed by atoms with Gasteiger partial charge >= 0.3 is 0 Å². The van der Waals surface area contributed by atoms with Crippen molar-refractivity contribution in [2.45, 2.75) is 10.9 Å². The Morgan fingerprint density at radius 3 is 2.60 bits per heavy atom. The lowest BCUT2D eigenvalue weighted by Gasteiger charge is -2.30. The summed E-state index contributed by atoms with van der Waals surface area (Å²) in [5, 5.41) is 1.23. The smallest absolute Gasteiger partial charge is 0.161 e. The molecular weight excluding hydrogens is 363 g/mol. The normalized spacial score (nSPS) is 18.6. The van der Waals surface area contributed by atoms with Crippen LogP contribution < -0.4 is 9.47 Å². The minimum Gasteiger partial charge on any atom is -0.486 e. The summed E-state index contributed by atoms with van der Waals surface area (Å²) in [6, 6.07) is 13.1. The number of para-hydroxylation sites is 2. The molecule has 0 saturated heterocycles. The Labute approximate surface area is 135 Å². The standard InChI is InChI=1S/C15H11BrCl2O2/c16-15(10-6-5-9(17)7-11(10)18)14-8-19-12-3-1-2-4-13(12)20-14/h1-7,14-15H,8H2. The van der Waals surface area contributed by atoms with Gasteiger partial charge in [0.05, 0.1) is 4.83 Å². The predicted molar refractivity (Wildman–Crippen MR) is 84.5 cm³/mol. The highest BCUT2D eigenvalue weighted by Crippen LogP contribution is 2.39. The molecule has 0 N–H and O–H groups in total. The van der Waals surface area contributed by atoms with Crippen molar-refractivity contribution in [3.8, 4) is 11.5 Å². The third-order valence-corrected chi connectivity index (χ3v) is 4.76. The van der Waals surface area contributed by atoms with Crippen molar-refractivity contribution in [3.63, 3.8) is 0 Å². The van der Waals surface area contributed by atoms with E-state index in [-0.39, 0.29) is 10.9 Å². The monoisotopic (exact) mass is 372 g/mol. The van der Waals surface area contributed by atoms with Crippen LogP contribution in [0.15, 0.2) is 42.5 Å². The first kappa shape index (κ1) is 14.1. The number of fused-ring (bicyclic) bond motifs is 1. The first-order valence-corrected chi connectivity index (χ1v) is 7.80. The lowest BCUT2D eigenvalue weighted by atomic mass is 10.1. The number of rotatable bonds is 2. The molecule has 20 heavy (non-hydrogen) atoms. The fraction of sp³-hybridized carbons (Fsp3) is 0.200. The van der Waals surface area contributed by atoms with Crippen LogP contribution in [0.25, 0.3) is 0 Å². The van der Waals surface area contributed by atoms with Gasteiger partial charge in [-0.2, -0.15) is 0 Å². The summed E-state index contributed by atoms with van der Waals surface area (Å²) in [7, 11) is 0. The van der Waals surface area contributed by atoms with Gasteiger partial charge in [-0.15, -0.1) is 0 Å². The van der Waals surface area contributed by atoms with Gasteiger partial charge < -0.3 is 9.47 Å². The van der Waals surface area contributed by atoms with Gasteiger partial charge in [0.15, 0.2) is 11.5 Å². The molecule has 2 unspecified atom stereocenters. The first-order valence-electron chi connectivity index (χ1n) is 6.12. The minimum atomic E-state index is -0.149. The van der Waals surface area contributed by atoms with Crippen molar-refractivity contribution in [3.05, 3.63) is 58.1 Å². The molecule has 5 heteroatoms. The summed E-state index contributed by atoms with van der Waals surface area (Å²) in [6.07, 6.45) is -0.149. The van der Waals surface area contributed by atoms with Crippen molar-refractivity contribution >= 4 is 39.1 Å². The van der Waals surface area contributed by atoms with Crippen molar-refractivity contribution in [1.82, 2.24) is 0 Å². The van der Waals surface area contributed by atoms with E-state index in [1.165, 1.54) is 0 Å². The lowest BCUT2D eigenvalue weighted by Crippen LogP contribution is -2.32. The molecular formula is C15H11BrCl2O2. The molecule has 2 nitrogen and oxygen atoms in total. The SMILES string of the molecule is Clc1ccc(C(Br)C2COc3ccccc3O2)c(Cl)c1. The molecule has 0 spiro atoms. The van der Waals surface area contributed by atoms with Gasteiger partial charge in [-0.25, -0.2) is 0 Å². The summed E-state index contributed by atoms with van der Waals surface area (Å²) in [6.45, 7) is 0.464. The van der Waals surface area contributed by atoms with Crippen LogP contribution in [0.4, 0.5) is 0 Å². The van der Waals surface area contributed by atoms with E-state index in [1.54, 1.807) is 6.07 Å². The minimum absolute atomic E-state index is 0.0689. The average Bonchev–Trinajstić information content (AvgIpc) is 2.46. The Hall–Kier alpha value is -0.900. The Bertz CT molecular complexity index is 633. The highest BCUT2D eigenvalue weighted by Gasteiger charge is 2.29. The Kier molecular flexibility index (Phi) is 4.11. The molecule has 0 bridgehead atoms. The quantitative estimate of drug-likeness (QED) is 0.667. The first-order chi connectivity index (χ1) is 9.65. The van der Waals surface area contributed by atoms with Crippen molar-refractivity contribution in [2.75, 3.05) is 6.61 Å². The third kappa shape index (κ3) is 2.76. The van der Waals surface area contributed by atoms with E-state index in [0.717, 1.165) is 17.1 Å². The van der Waals surface area contributed by atoms with Gasteiger partial charge in [0.2, 0.25) is 0 Å². The molecule has 104 valence electrons. The molecule has 0 saturated carbocycles. The molecule has 1 aliphatic rings. The lowest BCUT2D eigenvalue weighted by molar-refractivity contribution is 0.0905. The van der Waals surface area contributed by atoms with Gasteiger partial charge in [-0.3, -0.25) is 0 Å². The van der Waals surface area contributed by atoms with Gasteiger partial charge in [0.25, 0.3) is 0 Å². The van der Waals surface area contributed by atoms with Crippen LogP contribution in [0.2, 0.25) is 10.0 Å². The highest BCUT2D eigenvalue weighted by atomic mass is 79.9. The zero-order chi connectivity index (χ0) is 14.1.